The van der Waals surface area contributed by atoms with Gasteiger partial charge in [0.25, 0.3) is 5.91 Å². The Hall–Kier alpha value is -2.06. The van der Waals surface area contributed by atoms with E-state index < -0.39 is 5.60 Å². The highest BCUT2D eigenvalue weighted by Gasteiger charge is 2.33. The Bertz CT molecular complexity index is 875. The summed E-state index contributed by atoms with van der Waals surface area (Å²) in [6, 6.07) is 11.9. The zero-order valence-corrected chi connectivity index (χ0v) is 15.5. The lowest BCUT2D eigenvalue weighted by Crippen LogP contribution is -2.45. The van der Waals surface area contributed by atoms with Gasteiger partial charge >= 0.3 is 0 Å². The van der Waals surface area contributed by atoms with Gasteiger partial charge in [-0.3, -0.25) is 4.79 Å². The van der Waals surface area contributed by atoms with E-state index in [0.717, 1.165) is 18.4 Å². The van der Waals surface area contributed by atoms with E-state index >= 15 is 0 Å². The first-order chi connectivity index (χ1) is 12.4. The normalized spacial score (nSPS) is 22.2. The molecular weight excluding hydrogens is 371 g/mol. The molecule has 1 aliphatic rings. The van der Waals surface area contributed by atoms with Gasteiger partial charge in [-0.2, -0.15) is 0 Å². The van der Waals surface area contributed by atoms with Crippen molar-refractivity contribution in [3.63, 3.8) is 0 Å². The number of carbonyl (C=O) groups is 1. The molecule has 3 rings (SSSR count). The average molecular weight is 389 g/mol. The number of aromatic nitrogens is 1. The quantitative estimate of drug-likeness (QED) is 0.606. The van der Waals surface area contributed by atoms with Crippen LogP contribution in [0.1, 0.15) is 41.7 Å². The minimum atomic E-state index is -1.14. The predicted molar refractivity (Wildman–Crippen MR) is 102 cm³/mol. The molecule has 1 aliphatic carbocycles. The van der Waals surface area contributed by atoms with Crippen LogP contribution in [0, 0.1) is 11.8 Å². The van der Waals surface area contributed by atoms with E-state index in [1.807, 2.05) is 12.1 Å². The molecule has 26 heavy (non-hydrogen) atoms. The first-order valence-electron chi connectivity index (χ1n) is 8.38. The van der Waals surface area contributed by atoms with Crippen LogP contribution in [-0.2, 0) is 0 Å². The molecule has 4 nitrogen and oxygen atoms in total. The van der Waals surface area contributed by atoms with Gasteiger partial charge in [0.15, 0.2) is 0 Å². The monoisotopic (exact) mass is 388 g/mol. The van der Waals surface area contributed by atoms with Gasteiger partial charge in [0.2, 0.25) is 0 Å². The molecule has 0 radical (unpaired) electrons. The molecule has 2 aromatic rings. The number of nitrogens with one attached hydrogen (secondary N) is 1. The summed E-state index contributed by atoms with van der Waals surface area (Å²) < 4.78 is 0. The maximum Gasteiger partial charge on any atom is 0.270 e. The van der Waals surface area contributed by atoms with E-state index in [9.17, 15) is 9.90 Å². The number of hydrogen-bond acceptors (Lipinski definition) is 3. The molecule has 1 aromatic heterocycles. The van der Waals surface area contributed by atoms with E-state index in [4.69, 9.17) is 23.2 Å². The molecule has 1 saturated carbocycles. The largest absolute Gasteiger partial charge is 0.378 e. The summed E-state index contributed by atoms with van der Waals surface area (Å²) >= 11 is 11.8. The number of hydrogen-bond donors (Lipinski definition) is 2. The molecule has 1 aromatic carbocycles. The molecule has 1 heterocycles. The lowest BCUT2D eigenvalue weighted by atomic mass is 9.82. The zero-order valence-electron chi connectivity index (χ0n) is 14.0. The van der Waals surface area contributed by atoms with E-state index in [1.54, 1.807) is 30.3 Å². The van der Waals surface area contributed by atoms with Crippen LogP contribution in [0.5, 0.6) is 0 Å². The van der Waals surface area contributed by atoms with Gasteiger partial charge in [0.1, 0.15) is 16.4 Å². The number of amides is 1. The fourth-order valence-corrected chi connectivity index (χ4v) is 3.39. The Morgan fingerprint density at radius 2 is 2.08 bits per heavy atom. The van der Waals surface area contributed by atoms with Crippen LogP contribution in [0.4, 0.5) is 0 Å². The molecule has 134 valence electrons. The van der Waals surface area contributed by atoms with E-state index in [-0.39, 0.29) is 22.8 Å². The van der Waals surface area contributed by atoms with Gasteiger partial charge in [-0.15, -0.1) is 0 Å². The van der Waals surface area contributed by atoms with E-state index in [1.165, 1.54) is 0 Å². The molecule has 1 amide bonds. The number of carbonyl (C=O) groups excluding carboxylic acids is 1. The average Bonchev–Trinajstić information content (AvgIpc) is 2.60. The standard InChI is InChI=1S/C20H18Cl2N2O2/c21-15-5-1-4-14(12-15)9-11-20(26)10-3-6-16(13-20)23-19(25)17-7-2-8-18(22)24-17/h1-2,4-5,7-8,12,16,26H,3,6,10,13H2,(H,23,25)/t16-,20?/m0/s1. The van der Waals surface area contributed by atoms with Crippen molar-refractivity contribution in [2.24, 2.45) is 0 Å². The summed E-state index contributed by atoms with van der Waals surface area (Å²) in [6.45, 7) is 0. The summed E-state index contributed by atoms with van der Waals surface area (Å²) in [5.41, 5.74) is -0.128. The summed E-state index contributed by atoms with van der Waals surface area (Å²) in [5, 5.41) is 14.6. The third-order valence-corrected chi connectivity index (χ3v) is 4.72. The van der Waals surface area contributed by atoms with Crippen LogP contribution in [0.2, 0.25) is 10.2 Å². The third-order valence-electron chi connectivity index (χ3n) is 4.27. The fraction of sp³-hybridized carbons (Fsp3) is 0.300. The Kier molecular flexibility index (Phi) is 5.83. The van der Waals surface area contributed by atoms with Gasteiger partial charge in [-0.05, 0) is 49.6 Å². The summed E-state index contributed by atoms with van der Waals surface area (Å²) in [5.74, 6) is 5.63. The lowest BCUT2D eigenvalue weighted by molar-refractivity contribution is 0.0451. The SMILES string of the molecule is O=C(N[C@H]1CCCC(O)(C#Cc2cccc(Cl)c2)C1)c1cccc(Cl)n1. The highest BCUT2D eigenvalue weighted by atomic mass is 35.5. The van der Waals surface area contributed by atoms with Gasteiger partial charge in [0.05, 0.1) is 0 Å². The summed E-state index contributed by atoms with van der Waals surface area (Å²) in [6.07, 6.45) is 2.50. The number of nitrogens with zero attached hydrogens (tertiary/aromatic N) is 1. The number of pyridine rings is 1. The highest BCUT2D eigenvalue weighted by Crippen LogP contribution is 2.28. The van der Waals surface area contributed by atoms with E-state index in [0.29, 0.717) is 17.9 Å². The Labute approximate surface area is 162 Å². The second kappa shape index (κ2) is 8.09. The van der Waals surface area contributed by atoms with Crippen molar-refractivity contribution in [2.75, 3.05) is 0 Å². The van der Waals surface area contributed by atoms with Gasteiger partial charge in [-0.1, -0.05) is 47.2 Å². The van der Waals surface area contributed by atoms with Crippen LogP contribution in [0.25, 0.3) is 0 Å². The van der Waals surface area contributed by atoms with Crippen molar-refractivity contribution in [1.29, 1.82) is 0 Å². The van der Waals surface area contributed by atoms with Gasteiger partial charge < -0.3 is 10.4 Å². The number of halogens is 2. The fourth-order valence-electron chi connectivity index (χ4n) is 3.04. The van der Waals surface area contributed by atoms with Crippen molar-refractivity contribution < 1.29 is 9.90 Å². The first-order valence-corrected chi connectivity index (χ1v) is 9.14. The molecule has 0 spiro atoms. The van der Waals surface area contributed by atoms with Crippen molar-refractivity contribution in [1.82, 2.24) is 10.3 Å². The Balaban J connectivity index is 1.68. The Morgan fingerprint density at radius 3 is 2.85 bits per heavy atom. The van der Waals surface area contributed by atoms with Crippen molar-refractivity contribution in [3.8, 4) is 11.8 Å². The molecule has 6 heteroatoms. The molecule has 0 aliphatic heterocycles. The lowest BCUT2D eigenvalue weighted by Gasteiger charge is -2.33. The van der Waals surface area contributed by atoms with Crippen LogP contribution in [0.15, 0.2) is 42.5 Å². The molecule has 2 atom stereocenters. The van der Waals surface area contributed by atoms with Crippen LogP contribution in [-0.4, -0.2) is 27.6 Å². The smallest absolute Gasteiger partial charge is 0.270 e. The molecule has 1 fully saturated rings. The van der Waals surface area contributed by atoms with Gasteiger partial charge in [0, 0.05) is 23.0 Å². The third kappa shape index (κ3) is 4.98. The van der Waals surface area contributed by atoms with E-state index in [2.05, 4.69) is 22.1 Å². The highest BCUT2D eigenvalue weighted by molar-refractivity contribution is 6.30. The number of benzene rings is 1. The number of aliphatic hydroxyl groups is 1. The second-order valence-electron chi connectivity index (χ2n) is 6.40. The summed E-state index contributed by atoms with van der Waals surface area (Å²) in [7, 11) is 0. The first kappa shape index (κ1) is 18.7. The molecule has 2 N–H and O–H groups in total. The molecule has 0 saturated heterocycles. The van der Waals surface area contributed by atoms with Crippen molar-refractivity contribution >= 4 is 29.1 Å². The Morgan fingerprint density at radius 1 is 1.27 bits per heavy atom. The predicted octanol–water partition coefficient (Wildman–Crippen LogP) is 3.84. The zero-order chi connectivity index (χ0) is 18.6. The van der Waals surface area contributed by atoms with Crippen LogP contribution >= 0.6 is 23.2 Å². The van der Waals surface area contributed by atoms with Gasteiger partial charge in [-0.25, -0.2) is 4.98 Å². The van der Waals surface area contributed by atoms with Crippen molar-refractivity contribution in [2.45, 2.75) is 37.3 Å². The maximum absolute atomic E-state index is 12.3. The van der Waals surface area contributed by atoms with Crippen LogP contribution in [0.3, 0.4) is 0 Å². The minimum Gasteiger partial charge on any atom is -0.378 e. The molecular formula is C20H18Cl2N2O2. The van der Waals surface area contributed by atoms with Crippen LogP contribution < -0.4 is 5.32 Å². The second-order valence-corrected chi connectivity index (χ2v) is 7.23. The maximum atomic E-state index is 12.3. The topological polar surface area (TPSA) is 62.2 Å². The number of rotatable bonds is 2. The molecule has 0 bridgehead atoms. The minimum absolute atomic E-state index is 0.171. The molecule has 1 unspecified atom stereocenters. The summed E-state index contributed by atoms with van der Waals surface area (Å²) in [4.78, 5) is 16.3. The van der Waals surface area contributed by atoms with Crippen molar-refractivity contribution in [3.05, 3.63) is 63.9 Å².